The number of piperazine rings is 1. The van der Waals surface area contributed by atoms with E-state index in [1.807, 2.05) is 25.1 Å². The van der Waals surface area contributed by atoms with Gasteiger partial charge in [-0.25, -0.2) is 4.99 Å². The van der Waals surface area contributed by atoms with Crippen LogP contribution in [0.25, 0.3) is 28.6 Å². The Kier molecular flexibility index (Phi) is 7.71. The van der Waals surface area contributed by atoms with Gasteiger partial charge in [0.15, 0.2) is 0 Å². The van der Waals surface area contributed by atoms with E-state index in [1.54, 1.807) is 17.6 Å². The van der Waals surface area contributed by atoms with Crippen molar-refractivity contribution < 1.29 is 4.52 Å². The minimum absolute atomic E-state index is 0.145. The van der Waals surface area contributed by atoms with Crippen molar-refractivity contribution in [2.45, 2.75) is 33.2 Å². The van der Waals surface area contributed by atoms with E-state index in [9.17, 15) is 4.79 Å². The first kappa shape index (κ1) is 27.0. The predicted molar refractivity (Wildman–Crippen MR) is 163 cm³/mol. The molecule has 0 saturated carbocycles. The van der Waals surface area contributed by atoms with Crippen LogP contribution in [0.5, 0.6) is 0 Å². The zero-order valence-corrected chi connectivity index (χ0v) is 23.9. The Balaban J connectivity index is 1.34. The van der Waals surface area contributed by atoms with Crippen molar-refractivity contribution in [3.8, 4) is 22.5 Å². The number of nitrogens with one attached hydrogen (secondary N) is 2. The van der Waals surface area contributed by atoms with E-state index in [-0.39, 0.29) is 5.56 Å². The van der Waals surface area contributed by atoms with Crippen LogP contribution < -0.4 is 31.8 Å². The van der Waals surface area contributed by atoms with Crippen LogP contribution in [0.2, 0.25) is 5.02 Å². The van der Waals surface area contributed by atoms with Gasteiger partial charge in [0.05, 0.1) is 0 Å². The monoisotopic (exact) mass is 569 g/mol. The number of nitrogens with zero attached hydrogens (tertiary/aromatic N) is 5. The van der Waals surface area contributed by atoms with E-state index in [1.165, 1.54) is 5.69 Å². The molecule has 1 fully saturated rings. The minimum atomic E-state index is -0.145. The maximum Gasteiger partial charge on any atom is 0.260 e. The average molecular weight is 570 g/mol. The molecule has 6 rings (SSSR count). The molecule has 2 aromatic heterocycles. The summed E-state index contributed by atoms with van der Waals surface area (Å²) in [6, 6.07) is 15.8. The van der Waals surface area contributed by atoms with Gasteiger partial charge in [-0.3, -0.25) is 9.36 Å². The molecular formula is C31H32ClN7O2. The number of rotatable bonds is 6. The first-order chi connectivity index (χ1) is 20.0. The van der Waals surface area contributed by atoms with Gasteiger partial charge in [0.2, 0.25) is 11.7 Å². The van der Waals surface area contributed by atoms with Crippen molar-refractivity contribution in [3.63, 3.8) is 0 Å². The molecule has 0 atom stereocenters. The first-order valence-corrected chi connectivity index (χ1v) is 14.3. The van der Waals surface area contributed by atoms with Crippen LogP contribution in [-0.2, 0) is 6.54 Å². The Bertz CT molecular complexity index is 1780. The zero-order valence-electron chi connectivity index (χ0n) is 23.2. The van der Waals surface area contributed by atoms with Crippen LogP contribution in [0.3, 0.4) is 0 Å². The van der Waals surface area contributed by atoms with E-state index in [0.29, 0.717) is 39.9 Å². The summed E-state index contributed by atoms with van der Waals surface area (Å²) in [6.45, 7) is 8.17. The maximum absolute atomic E-state index is 13.8. The largest absolute Gasteiger partial charge is 0.369 e. The molecule has 0 bridgehead atoms. The highest BCUT2D eigenvalue weighted by Gasteiger charge is 2.16. The van der Waals surface area contributed by atoms with Gasteiger partial charge in [-0.05, 0) is 62.2 Å². The summed E-state index contributed by atoms with van der Waals surface area (Å²) in [5.41, 5.74) is 4.56. The van der Waals surface area contributed by atoms with E-state index in [0.717, 1.165) is 61.3 Å². The lowest BCUT2D eigenvalue weighted by Gasteiger charge is -2.29. The summed E-state index contributed by atoms with van der Waals surface area (Å²) in [5, 5.41) is 12.2. The molecule has 0 unspecified atom stereocenters. The number of pyridine rings is 1. The summed E-state index contributed by atoms with van der Waals surface area (Å²) in [4.78, 5) is 25.4. The summed E-state index contributed by atoms with van der Waals surface area (Å²) in [7, 11) is 0. The topological polar surface area (TPSA) is 101 Å². The Labute approximate surface area is 242 Å². The summed E-state index contributed by atoms with van der Waals surface area (Å²) in [5.74, 6) is 1.65. The lowest BCUT2D eigenvalue weighted by atomic mass is 10.0. The quantitative estimate of drug-likeness (QED) is 0.360. The molecule has 4 aromatic rings. The van der Waals surface area contributed by atoms with Gasteiger partial charge in [0.1, 0.15) is 11.3 Å². The van der Waals surface area contributed by atoms with Crippen molar-refractivity contribution in [1.29, 1.82) is 0 Å². The molecule has 4 heterocycles. The van der Waals surface area contributed by atoms with Crippen molar-refractivity contribution in [1.82, 2.24) is 20.0 Å². The fourth-order valence-electron chi connectivity index (χ4n) is 5.25. The van der Waals surface area contributed by atoms with Crippen molar-refractivity contribution >= 4 is 29.1 Å². The Morgan fingerprint density at radius 2 is 1.80 bits per heavy atom. The fourth-order valence-corrected chi connectivity index (χ4v) is 5.54. The highest BCUT2D eigenvalue weighted by Crippen LogP contribution is 2.29. The fraction of sp³-hybridized carbons (Fsp3) is 0.290. The second kappa shape index (κ2) is 11.7. The molecule has 2 aliphatic rings. The third-order valence-corrected chi connectivity index (χ3v) is 7.68. The number of hydrogen-bond acceptors (Lipinski definition) is 8. The van der Waals surface area contributed by atoms with Gasteiger partial charge >= 0.3 is 0 Å². The van der Waals surface area contributed by atoms with Crippen LogP contribution in [0.15, 0.2) is 74.7 Å². The molecule has 0 spiro atoms. The van der Waals surface area contributed by atoms with E-state index in [4.69, 9.17) is 21.1 Å². The third kappa shape index (κ3) is 5.68. The highest BCUT2D eigenvalue weighted by atomic mass is 35.5. The van der Waals surface area contributed by atoms with Crippen LogP contribution in [0, 0.1) is 6.92 Å². The van der Waals surface area contributed by atoms with Gasteiger partial charge in [-0.15, -0.1) is 0 Å². The molecule has 2 aliphatic heterocycles. The summed E-state index contributed by atoms with van der Waals surface area (Å²) >= 11 is 6.71. The Morgan fingerprint density at radius 1 is 1.02 bits per heavy atom. The first-order valence-electron chi connectivity index (χ1n) is 14.0. The van der Waals surface area contributed by atoms with Gasteiger partial charge in [0, 0.05) is 78.0 Å². The third-order valence-electron chi connectivity index (χ3n) is 7.37. The van der Waals surface area contributed by atoms with Crippen molar-refractivity contribution in [3.05, 3.63) is 92.4 Å². The molecule has 0 radical (unpaired) electrons. The lowest BCUT2D eigenvalue weighted by Crippen LogP contribution is -2.44. The standard InChI is InChI=1S/C31H32ClN7O2/c1-3-39-30-22(18-26(31(39)40)25-13-8-21(19-27(25)32)29-34-20(2)41-37-29)6-4-5-7-28(36-30)35-23-9-11-24(12-10-23)38-16-14-33-15-17-38/h6-13,18-19,33,35H,3-5,14-17H2,1-2H3. The summed E-state index contributed by atoms with van der Waals surface area (Å²) < 4.78 is 6.81. The van der Waals surface area contributed by atoms with E-state index in [2.05, 4.69) is 62.1 Å². The van der Waals surface area contributed by atoms with Crippen LogP contribution in [0.1, 0.15) is 25.7 Å². The molecule has 2 N–H and O–H groups in total. The SMILES string of the molecule is CCn1c(=O)c(-c2ccc(-c3noc(C)n3)cc2Cl)cc2c1=NC(Nc1ccc(N3CCNCC3)cc1)=CCCC=2. The van der Waals surface area contributed by atoms with Gasteiger partial charge in [0.25, 0.3) is 5.56 Å². The van der Waals surface area contributed by atoms with Crippen LogP contribution in [-0.4, -0.2) is 40.9 Å². The molecule has 1 saturated heterocycles. The molecular weight excluding hydrogens is 538 g/mol. The van der Waals surface area contributed by atoms with Crippen molar-refractivity contribution in [2.75, 3.05) is 36.4 Å². The zero-order chi connectivity index (χ0) is 28.3. The van der Waals surface area contributed by atoms with Gasteiger partial charge < -0.3 is 20.1 Å². The number of hydrogen-bond donors (Lipinski definition) is 2. The average Bonchev–Trinajstić information content (AvgIpc) is 3.42. The molecule has 210 valence electrons. The summed E-state index contributed by atoms with van der Waals surface area (Å²) in [6.07, 6.45) is 5.86. The van der Waals surface area contributed by atoms with Gasteiger partial charge in [-0.1, -0.05) is 35.0 Å². The number of halogens is 1. The number of anilines is 2. The lowest BCUT2D eigenvalue weighted by molar-refractivity contribution is 0.394. The molecule has 0 amide bonds. The van der Waals surface area contributed by atoms with E-state index >= 15 is 0 Å². The number of fused-ring (bicyclic) bond motifs is 1. The number of aryl methyl sites for hydroxylation is 1. The number of benzene rings is 2. The smallest absolute Gasteiger partial charge is 0.260 e. The Morgan fingerprint density at radius 3 is 2.51 bits per heavy atom. The number of allylic oxidation sites excluding steroid dienone is 1. The van der Waals surface area contributed by atoms with Gasteiger partial charge in [-0.2, -0.15) is 4.98 Å². The maximum atomic E-state index is 13.8. The Hall–Kier alpha value is -4.21. The normalized spacial score (nSPS) is 15.2. The second-order valence-corrected chi connectivity index (χ2v) is 10.5. The molecule has 9 nitrogen and oxygen atoms in total. The number of aromatic nitrogens is 3. The molecule has 41 heavy (non-hydrogen) atoms. The molecule has 10 heteroatoms. The molecule has 2 aromatic carbocycles. The van der Waals surface area contributed by atoms with Crippen LogP contribution in [0.4, 0.5) is 11.4 Å². The predicted octanol–water partition coefficient (Wildman–Crippen LogP) is 4.10. The molecule has 0 aliphatic carbocycles. The highest BCUT2D eigenvalue weighted by molar-refractivity contribution is 6.33. The second-order valence-electron chi connectivity index (χ2n) is 10.1. The van der Waals surface area contributed by atoms with Crippen molar-refractivity contribution in [2.24, 2.45) is 4.99 Å². The minimum Gasteiger partial charge on any atom is -0.369 e. The van der Waals surface area contributed by atoms with Crippen LogP contribution >= 0.6 is 11.6 Å². The van der Waals surface area contributed by atoms with E-state index < -0.39 is 0 Å².